The Hall–Kier alpha value is -2.45. The number of benzene rings is 2. The summed E-state index contributed by atoms with van der Waals surface area (Å²) in [5, 5.41) is 10.9. The van der Waals surface area contributed by atoms with Gasteiger partial charge in [-0.05, 0) is 49.1 Å². The van der Waals surface area contributed by atoms with Crippen LogP contribution in [0.1, 0.15) is 24.0 Å². The van der Waals surface area contributed by atoms with Crippen LogP contribution in [0.4, 0.5) is 5.69 Å². The van der Waals surface area contributed by atoms with E-state index in [1.165, 1.54) is 22.5 Å². The van der Waals surface area contributed by atoms with Gasteiger partial charge in [-0.2, -0.15) is 4.31 Å². The van der Waals surface area contributed by atoms with Crippen LogP contribution in [0.2, 0.25) is 0 Å². The first-order chi connectivity index (χ1) is 12.3. The number of nitrogens with zero attached hydrogens (tertiary/aromatic N) is 2. The number of ether oxygens (including phenoxy) is 1. The molecule has 8 heteroatoms. The van der Waals surface area contributed by atoms with E-state index in [2.05, 4.69) is 0 Å². The quantitative estimate of drug-likeness (QED) is 0.546. The van der Waals surface area contributed by atoms with E-state index in [9.17, 15) is 18.5 Å². The molecule has 3 rings (SSSR count). The molecule has 0 atom stereocenters. The Morgan fingerprint density at radius 1 is 1.19 bits per heavy atom. The molecule has 2 aromatic carbocycles. The second-order valence-electron chi connectivity index (χ2n) is 6.34. The van der Waals surface area contributed by atoms with E-state index in [0.29, 0.717) is 11.3 Å². The SMILES string of the molecule is COc1ccc(CN(C2CC2)S(=O)(=O)c2ccc([N+](=O)[O-])cc2C)cc1. The van der Waals surface area contributed by atoms with Crippen molar-refractivity contribution in [3.63, 3.8) is 0 Å². The van der Waals surface area contributed by atoms with Gasteiger partial charge in [-0.15, -0.1) is 0 Å². The summed E-state index contributed by atoms with van der Waals surface area (Å²) in [6.07, 6.45) is 1.64. The molecule has 7 nitrogen and oxygen atoms in total. The highest BCUT2D eigenvalue weighted by Gasteiger charge is 2.38. The molecule has 1 aliphatic carbocycles. The zero-order chi connectivity index (χ0) is 18.9. The minimum absolute atomic E-state index is 0.0308. The zero-order valence-electron chi connectivity index (χ0n) is 14.6. The van der Waals surface area contributed by atoms with Crippen molar-refractivity contribution >= 4 is 15.7 Å². The van der Waals surface area contributed by atoms with Gasteiger partial charge in [0.1, 0.15) is 5.75 Å². The molecular weight excluding hydrogens is 356 g/mol. The Morgan fingerprint density at radius 2 is 1.85 bits per heavy atom. The standard InChI is InChI=1S/C18H20N2O5S/c1-13-11-16(20(21)22)7-10-18(13)26(23,24)19(15-5-6-15)12-14-3-8-17(25-2)9-4-14/h3-4,7-11,15H,5-6,12H2,1-2H3. The summed E-state index contributed by atoms with van der Waals surface area (Å²) in [6.45, 7) is 1.84. The van der Waals surface area contributed by atoms with Crippen LogP contribution in [0.3, 0.4) is 0 Å². The Bertz CT molecular complexity index is 921. The van der Waals surface area contributed by atoms with E-state index in [1.807, 2.05) is 12.1 Å². The van der Waals surface area contributed by atoms with Gasteiger partial charge in [0.25, 0.3) is 5.69 Å². The molecule has 138 valence electrons. The maximum atomic E-state index is 13.2. The maximum Gasteiger partial charge on any atom is 0.269 e. The number of methoxy groups -OCH3 is 1. The van der Waals surface area contributed by atoms with Gasteiger partial charge in [-0.1, -0.05) is 12.1 Å². The molecule has 1 fully saturated rings. The lowest BCUT2D eigenvalue weighted by Crippen LogP contribution is -2.33. The highest BCUT2D eigenvalue weighted by atomic mass is 32.2. The summed E-state index contributed by atoms with van der Waals surface area (Å²) < 4.78 is 33.0. The molecule has 0 unspecified atom stereocenters. The molecular formula is C18H20N2O5S. The third-order valence-corrected chi connectivity index (χ3v) is 6.47. The Kier molecular flexibility index (Phi) is 4.97. The number of non-ortho nitro benzene ring substituents is 1. The third kappa shape index (κ3) is 3.71. The van der Waals surface area contributed by atoms with Gasteiger partial charge in [-0.3, -0.25) is 10.1 Å². The number of hydrogen-bond acceptors (Lipinski definition) is 5. The van der Waals surface area contributed by atoms with Crippen LogP contribution in [0.5, 0.6) is 5.75 Å². The third-order valence-electron chi connectivity index (χ3n) is 4.41. The first-order valence-electron chi connectivity index (χ1n) is 8.23. The van der Waals surface area contributed by atoms with Gasteiger partial charge in [-0.25, -0.2) is 8.42 Å². The van der Waals surface area contributed by atoms with E-state index in [1.54, 1.807) is 26.2 Å². The number of hydrogen-bond donors (Lipinski definition) is 0. The van der Waals surface area contributed by atoms with Crippen molar-refractivity contribution in [3.8, 4) is 5.75 Å². The average molecular weight is 376 g/mol. The molecule has 0 radical (unpaired) electrons. The fraction of sp³-hybridized carbons (Fsp3) is 0.333. The zero-order valence-corrected chi connectivity index (χ0v) is 15.4. The molecule has 26 heavy (non-hydrogen) atoms. The van der Waals surface area contributed by atoms with Crippen LogP contribution in [0.15, 0.2) is 47.4 Å². The Labute approximate surface area is 152 Å². The minimum atomic E-state index is -3.75. The highest BCUT2D eigenvalue weighted by Crippen LogP contribution is 2.35. The van der Waals surface area contributed by atoms with E-state index >= 15 is 0 Å². The summed E-state index contributed by atoms with van der Waals surface area (Å²) in [6, 6.07) is 11.1. The predicted octanol–water partition coefficient (Wildman–Crippen LogP) is 3.27. The van der Waals surface area contributed by atoms with Crippen molar-refractivity contribution in [1.82, 2.24) is 4.31 Å². The minimum Gasteiger partial charge on any atom is -0.497 e. The molecule has 0 N–H and O–H groups in total. The summed E-state index contributed by atoms with van der Waals surface area (Å²) in [7, 11) is -2.17. The average Bonchev–Trinajstić information content (AvgIpc) is 3.44. The molecule has 1 aliphatic rings. The van der Waals surface area contributed by atoms with Crippen molar-refractivity contribution in [3.05, 3.63) is 63.7 Å². The maximum absolute atomic E-state index is 13.2. The fourth-order valence-corrected chi connectivity index (χ4v) is 4.73. The van der Waals surface area contributed by atoms with Crippen molar-refractivity contribution in [2.75, 3.05) is 7.11 Å². The van der Waals surface area contributed by atoms with Crippen LogP contribution < -0.4 is 4.74 Å². The Morgan fingerprint density at radius 3 is 2.35 bits per heavy atom. The molecule has 0 saturated heterocycles. The smallest absolute Gasteiger partial charge is 0.269 e. The van der Waals surface area contributed by atoms with E-state index in [-0.39, 0.29) is 23.2 Å². The summed E-state index contributed by atoms with van der Waals surface area (Å²) in [5.41, 5.74) is 1.12. The molecule has 0 aliphatic heterocycles. The lowest BCUT2D eigenvalue weighted by Gasteiger charge is -2.23. The second-order valence-corrected chi connectivity index (χ2v) is 8.20. The molecule has 0 heterocycles. The van der Waals surface area contributed by atoms with Gasteiger partial charge >= 0.3 is 0 Å². The van der Waals surface area contributed by atoms with Gasteiger partial charge in [0.15, 0.2) is 0 Å². The predicted molar refractivity (Wildman–Crippen MR) is 96.6 cm³/mol. The van der Waals surface area contributed by atoms with Crippen molar-refractivity contribution in [2.24, 2.45) is 0 Å². The van der Waals surface area contributed by atoms with Crippen molar-refractivity contribution in [2.45, 2.75) is 37.2 Å². The van der Waals surface area contributed by atoms with Gasteiger partial charge in [0.05, 0.1) is 16.9 Å². The van der Waals surface area contributed by atoms with Crippen molar-refractivity contribution in [1.29, 1.82) is 0 Å². The monoisotopic (exact) mass is 376 g/mol. The number of aryl methyl sites for hydroxylation is 1. The Balaban J connectivity index is 1.92. The molecule has 0 aromatic heterocycles. The summed E-state index contributed by atoms with van der Waals surface area (Å²) in [5.74, 6) is 0.709. The fourth-order valence-electron chi connectivity index (χ4n) is 2.85. The van der Waals surface area contributed by atoms with Crippen LogP contribution >= 0.6 is 0 Å². The molecule has 0 bridgehead atoms. The van der Waals surface area contributed by atoms with Crippen LogP contribution in [0.25, 0.3) is 0 Å². The first-order valence-corrected chi connectivity index (χ1v) is 9.67. The van der Waals surface area contributed by atoms with Crippen LogP contribution in [-0.4, -0.2) is 30.8 Å². The number of sulfonamides is 1. The highest BCUT2D eigenvalue weighted by molar-refractivity contribution is 7.89. The topological polar surface area (TPSA) is 89.8 Å². The summed E-state index contributed by atoms with van der Waals surface area (Å²) >= 11 is 0. The van der Waals surface area contributed by atoms with Gasteiger partial charge < -0.3 is 4.74 Å². The molecule has 0 spiro atoms. The van der Waals surface area contributed by atoms with E-state index in [0.717, 1.165) is 18.4 Å². The first kappa shape index (κ1) is 18.3. The molecule has 0 amide bonds. The summed E-state index contributed by atoms with van der Waals surface area (Å²) in [4.78, 5) is 10.5. The van der Waals surface area contributed by atoms with Crippen molar-refractivity contribution < 1.29 is 18.1 Å². The largest absolute Gasteiger partial charge is 0.497 e. The van der Waals surface area contributed by atoms with Gasteiger partial charge in [0.2, 0.25) is 10.0 Å². The number of nitro groups is 1. The van der Waals surface area contributed by atoms with Gasteiger partial charge in [0, 0.05) is 24.7 Å². The molecule has 1 saturated carbocycles. The lowest BCUT2D eigenvalue weighted by molar-refractivity contribution is -0.385. The van der Waals surface area contributed by atoms with Crippen LogP contribution in [-0.2, 0) is 16.6 Å². The normalized spacial score (nSPS) is 14.4. The van der Waals surface area contributed by atoms with E-state index in [4.69, 9.17) is 4.74 Å². The number of nitro benzene ring substituents is 1. The number of rotatable bonds is 7. The van der Waals surface area contributed by atoms with Crippen LogP contribution in [0, 0.1) is 17.0 Å². The van der Waals surface area contributed by atoms with E-state index < -0.39 is 14.9 Å². The lowest BCUT2D eigenvalue weighted by atomic mass is 10.2. The molecule has 2 aromatic rings. The second kappa shape index (κ2) is 7.05.